The van der Waals surface area contributed by atoms with Crippen LogP contribution in [0.1, 0.15) is 5.82 Å². The van der Waals surface area contributed by atoms with Crippen molar-refractivity contribution in [3.63, 3.8) is 0 Å². The number of benzene rings is 1. The first-order chi connectivity index (χ1) is 9.49. The first-order valence-corrected chi connectivity index (χ1v) is 5.81. The SMILES string of the molecule is Cc1nc(NN)cc(Oc2cc([N+](=O)[O-])ccc2Cl)n1. The number of nitrogens with two attached hydrogens (primary N) is 1. The van der Waals surface area contributed by atoms with Gasteiger partial charge >= 0.3 is 0 Å². The highest BCUT2D eigenvalue weighted by atomic mass is 35.5. The summed E-state index contributed by atoms with van der Waals surface area (Å²) in [6, 6.07) is 5.33. The summed E-state index contributed by atoms with van der Waals surface area (Å²) in [5.74, 6) is 6.35. The van der Waals surface area contributed by atoms with Gasteiger partial charge in [-0.05, 0) is 13.0 Å². The molecule has 2 aromatic rings. The maximum absolute atomic E-state index is 10.7. The maximum atomic E-state index is 10.7. The number of nitrogens with zero attached hydrogens (tertiary/aromatic N) is 3. The molecule has 20 heavy (non-hydrogen) atoms. The van der Waals surface area contributed by atoms with E-state index < -0.39 is 4.92 Å². The molecule has 1 aromatic heterocycles. The van der Waals surface area contributed by atoms with Gasteiger partial charge < -0.3 is 10.2 Å². The Morgan fingerprint density at radius 3 is 2.80 bits per heavy atom. The highest BCUT2D eigenvalue weighted by molar-refractivity contribution is 6.32. The van der Waals surface area contributed by atoms with Crippen molar-refractivity contribution in [3.05, 3.63) is 45.2 Å². The molecule has 1 heterocycles. The fraction of sp³-hybridized carbons (Fsp3) is 0.0909. The number of anilines is 1. The van der Waals surface area contributed by atoms with E-state index in [1.54, 1.807) is 6.92 Å². The lowest BCUT2D eigenvalue weighted by Crippen LogP contribution is -2.09. The van der Waals surface area contributed by atoms with Crippen LogP contribution in [0.15, 0.2) is 24.3 Å². The Hall–Kier alpha value is -2.45. The van der Waals surface area contributed by atoms with E-state index in [4.69, 9.17) is 22.2 Å². The number of hydrazine groups is 1. The zero-order valence-electron chi connectivity index (χ0n) is 10.3. The summed E-state index contributed by atoms with van der Waals surface area (Å²) in [4.78, 5) is 18.2. The van der Waals surface area contributed by atoms with Crippen molar-refractivity contribution < 1.29 is 9.66 Å². The average molecular weight is 296 g/mol. The summed E-state index contributed by atoms with van der Waals surface area (Å²) < 4.78 is 5.44. The standard InChI is InChI=1S/C11H10ClN5O3/c1-6-14-10(16-13)5-11(15-6)20-9-4-7(17(18)19)2-3-8(9)12/h2-5H,13H2,1H3,(H,14,15,16). The number of aryl methyl sites for hydroxylation is 1. The molecule has 0 atom stereocenters. The number of halogens is 1. The molecule has 0 spiro atoms. The van der Waals surface area contributed by atoms with Gasteiger partial charge in [-0.3, -0.25) is 10.1 Å². The van der Waals surface area contributed by atoms with Crippen LogP contribution in [0.25, 0.3) is 0 Å². The van der Waals surface area contributed by atoms with Crippen LogP contribution < -0.4 is 16.0 Å². The lowest BCUT2D eigenvalue weighted by molar-refractivity contribution is -0.384. The van der Waals surface area contributed by atoms with E-state index in [2.05, 4.69) is 15.4 Å². The van der Waals surface area contributed by atoms with Crippen molar-refractivity contribution in [2.75, 3.05) is 5.43 Å². The van der Waals surface area contributed by atoms with Crippen molar-refractivity contribution in [1.29, 1.82) is 0 Å². The fourth-order valence-electron chi connectivity index (χ4n) is 1.46. The molecule has 0 saturated heterocycles. The maximum Gasteiger partial charge on any atom is 0.273 e. The van der Waals surface area contributed by atoms with Gasteiger partial charge in [-0.1, -0.05) is 11.6 Å². The summed E-state index contributed by atoms with van der Waals surface area (Å²) >= 11 is 5.93. The number of nitro groups is 1. The number of ether oxygens (including phenoxy) is 1. The van der Waals surface area contributed by atoms with Gasteiger partial charge in [0, 0.05) is 12.1 Å². The lowest BCUT2D eigenvalue weighted by Gasteiger charge is -2.08. The molecule has 8 nitrogen and oxygen atoms in total. The molecule has 0 aliphatic rings. The van der Waals surface area contributed by atoms with Crippen molar-refractivity contribution >= 4 is 23.1 Å². The molecule has 0 radical (unpaired) electrons. The minimum absolute atomic E-state index is 0.127. The number of hydrogen-bond donors (Lipinski definition) is 2. The molecular formula is C11H10ClN5O3. The third-order valence-corrected chi connectivity index (χ3v) is 2.61. The zero-order chi connectivity index (χ0) is 14.7. The summed E-state index contributed by atoms with van der Waals surface area (Å²) in [6.45, 7) is 1.66. The Kier molecular flexibility index (Phi) is 3.97. The molecule has 0 bridgehead atoms. The van der Waals surface area contributed by atoms with E-state index >= 15 is 0 Å². The molecule has 9 heteroatoms. The molecular weight excluding hydrogens is 286 g/mol. The van der Waals surface area contributed by atoms with E-state index in [9.17, 15) is 10.1 Å². The predicted octanol–water partition coefficient (Wildman–Crippen LogP) is 2.42. The fourth-order valence-corrected chi connectivity index (χ4v) is 1.62. The summed E-state index contributed by atoms with van der Waals surface area (Å²) in [5, 5.41) is 11.0. The number of aromatic nitrogens is 2. The molecule has 0 aliphatic heterocycles. The van der Waals surface area contributed by atoms with Gasteiger partial charge in [0.05, 0.1) is 16.0 Å². The van der Waals surface area contributed by atoms with Gasteiger partial charge in [0.1, 0.15) is 11.6 Å². The Labute approximate surface area is 118 Å². The predicted molar refractivity (Wildman–Crippen MR) is 72.8 cm³/mol. The van der Waals surface area contributed by atoms with Crippen LogP contribution in [0.5, 0.6) is 11.6 Å². The Morgan fingerprint density at radius 2 is 2.15 bits per heavy atom. The van der Waals surface area contributed by atoms with Crippen molar-refractivity contribution in [2.24, 2.45) is 5.84 Å². The van der Waals surface area contributed by atoms with Crippen LogP contribution >= 0.6 is 11.6 Å². The van der Waals surface area contributed by atoms with Crippen LogP contribution in [0.3, 0.4) is 0 Å². The Morgan fingerprint density at radius 1 is 1.40 bits per heavy atom. The highest BCUT2D eigenvalue weighted by Gasteiger charge is 2.12. The monoisotopic (exact) mass is 295 g/mol. The van der Waals surface area contributed by atoms with Crippen LogP contribution in [0.4, 0.5) is 11.5 Å². The van der Waals surface area contributed by atoms with E-state index in [0.717, 1.165) is 0 Å². The molecule has 0 saturated carbocycles. The first-order valence-electron chi connectivity index (χ1n) is 5.43. The largest absolute Gasteiger partial charge is 0.437 e. The van der Waals surface area contributed by atoms with E-state index in [-0.39, 0.29) is 22.3 Å². The minimum Gasteiger partial charge on any atom is -0.437 e. The molecule has 104 valence electrons. The van der Waals surface area contributed by atoms with E-state index in [1.807, 2.05) is 0 Å². The number of hydrogen-bond acceptors (Lipinski definition) is 7. The minimum atomic E-state index is -0.540. The van der Waals surface area contributed by atoms with Crippen LogP contribution in [-0.2, 0) is 0 Å². The van der Waals surface area contributed by atoms with E-state index in [0.29, 0.717) is 11.6 Å². The van der Waals surface area contributed by atoms with E-state index in [1.165, 1.54) is 24.3 Å². The van der Waals surface area contributed by atoms with Gasteiger partial charge in [0.2, 0.25) is 5.88 Å². The third kappa shape index (κ3) is 3.11. The van der Waals surface area contributed by atoms with Crippen molar-refractivity contribution in [2.45, 2.75) is 6.92 Å². The van der Waals surface area contributed by atoms with Gasteiger partial charge in [-0.25, -0.2) is 10.8 Å². The second kappa shape index (κ2) is 5.68. The summed E-state index contributed by atoms with van der Waals surface area (Å²) in [6.07, 6.45) is 0. The quantitative estimate of drug-likeness (QED) is 0.505. The third-order valence-electron chi connectivity index (χ3n) is 2.30. The molecule has 3 N–H and O–H groups in total. The summed E-state index contributed by atoms with van der Waals surface area (Å²) in [7, 11) is 0. The van der Waals surface area contributed by atoms with Crippen molar-refractivity contribution in [3.8, 4) is 11.6 Å². The number of nitro benzene ring substituents is 1. The van der Waals surface area contributed by atoms with Crippen LogP contribution in [0.2, 0.25) is 5.02 Å². The number of nitrogen functional groups attached to an aromatic ring is 1. The summed E-state index contributed by atoms with van der Waals surface area (Å²) in [5.41, 5.74) is 2.23. The van der Waals surface area contributed by atoms with Crippen LogP contribution in [-0.4, -0.2) is 14.9 Å². The second-order valence-corrected chi connectivity index (χ2v) is 4.16. The lowest BCUT2D eigenvalue weighted by atomic mass is 10.3. The molecule has 1 aromatic carbocycles. The van der Waals surface area contributed by atoms with Crippen molar-refractivity contribution in [1.82, 2.24) is 9.97 Å². The molecule has 0 fully saturated rings. The smallest absolute Gasteiger partial charge is 0.273 e. The molecule has 0 aliphatic carbocycles. The Bertz CT molecular complexity index is 665. The van der Waals surface area contributed by atoms with Gasteiger partial charge in [-0.2, -0.15) is 4.98 Å². The number of rotatable bonds is 4. The molecule has 0 unspecified atom stereocenters. The number of non-ortho nitro benzene ring substituents is 1. The Balaban J connectivity index is 2.36. The molecule has 0 amide bonds. The highest BCUT2D eigenvalue weighted by Crippen LogP contribution is 2.32. The normalized spacial score (nSPS) is 10.2. The average Bonchev–Trinajstić information content (AvgIpc) is 2.40. The van der Waals surface area contributed by atoms with Gasteiger partial charge in [-0.15, -0.1) is 0 Å². The first kappa shape index (κ1) is 14.0. The van der Waals surface area contributed by atoms with Gasteiger partial charge in [0.25, 0.3) is 5.69 Å². The van der Waals surface area contributed by atoms with Crippen LogP contribution in [0, 0.1) is 17.0 Å². The second-order valence-electron chi connectivity index (χ2n) is 3.76. The zero-order valence-corrected chi connectivity index (χ0v) is 11.1. The number of nitrogens with one attached hydrogen (secondary N) is 1. The molecule has 2 rings (SSSR count). The van der Waals surface area contributed by atoms with Gasteiger partial charge in [0.15, 0.2) is 5.75 Å². The topological polar surface area (TPSA) is 116 Å².